The highest BCUT2D eigenvalue weighted by Gasteiger charge is 2.03. The van der Waals surface area contributed by atoms with Crippen LogP contribution in [-0.2, 0) is 0 Å². The minimum absolute atomic E-state index is 0.150. The fraction of sp³-hybridized carbons (Fsp3) is 0.462. The molecule has 0 saturated heterocycles. The zero-order chi connectivity index (χ0) is 12.8. The Labute approximate surface area is 111 Å². The number of aryl methyl sites for hydroxylation is 1. The molecule has 1 aromatic rings. The van der Waals surface area contributed by atoms with E-state index in [0.29, 0.717) is 12.5 Å². The summed E-state index contributed by atoms with van der Waals surface area (Å²) in [5.74, 6) is 0.600. The van der Waals surface area contributed by atoms with Crippen LogP contribution in [-0.4, -0.2) is 12.6 Å². The van der Waals surface area contributed by atoms with Gasteiger partial charge in [0.05, 0.1) is 0 Å². The predicted octanol–water partition coefficient (Wildman–Crippen LogP) is 3.93. The molecule has 17 heavy (non-hydrogen) atoms. The minimum Gasteiger partial charge on any atom is -0.338 e. The van der Waals surface area contributed by atoms with E-state index < -0.39 is 0 Å². The largest absolute Gasteiger partial charge is 0.338 e. The molecule has 2 N–H and O–H groups in total. The van der Waals surface area contributed by atoms with E-state index in [0.717, 1.165) is 22.1 Å². The first-order chi connectivity index (χ1) is 7.97. The van der Waals surface area contributed by atoms with Crippen molar-refractivity contribution < 1.29 is 4.79 Å². The van der Waals surface area contributed by atoms with Crippen molar-refractivity contribution in [3.63, 3.8) is 0 Å². The fourth-order valence-corrected chi connectivity index (χ4v) is 2.07. The molecule has 0 aliphatic carbocycles. The number of hydrogen-bond donors (Lipinski definition) is 2. The maximum Gasteiger partial charge on any atom is 0.319 e. The minimum atomic E-state index is -0.150. The topological polar surface area (TPSA) is 41.1 Å². The number of amides is 2. The van der Waals surface area contributed by atoms with E-state index in [1.54, 1.807) is 0 Å². The highest BCUT2D eigenvalue weighted by atomic mass is 79.9. The summed E-state index contributed by atoms with van der Waals surface area (Å²) in [5.41, 5.74) is 1.91. The number of halogens is 1. The van der Waals surface area contributed by atoms with E-state index in [1.807, 2.05) is 25.1 Å². The van der Waals surface area contributed by atoms with Crippen LogP contribution in [0.15, 0.2) is 22.7 Å². The third-order valence-corrected chi connectivity index (χ3v) is 2.77. The second kappa shape index (κ2) is 6.64. The van der Waals surface area contributed by atoms with Gasteiger partial charge in [-0.25, -0.2) is 4.79 Å². The number of rotatable bonds is 4. The van der Waals surface area contributed by atoms with Crippen LogP contribution in [0.1, 0.15) is 25.8 Å². The van der Waals surface area contributed by atoms with E-state index in [9.17, 15) is 4.79 Å². The standard InChI is InChI=1S/C13H19BrN2O/c1-9(2)4-5-15-13(17)16-12-7-10(3)6-11(14)8-12/h6-9H,4-5H2,1-3H3,(H2,15,16,17). The molecule has 4 heteroatoms. The number of benzene rings is 1. The van der Waals surface area contributed by atoms with E-state index in [-0.39, 0.29) is 6.03 Å². The van der Waals surface area contributed by atoms with Crippen LogP contribution in [0.2, 0.25) is 0 Å². The average Bonchev–Trinajstić information content (AvgIpc) is 2.14. The molecule has 0 saturated carbocycles. The highest BCUT2D eigenvalue weighted by molar-refractivity contribution is 9.10. The lowest BCUT2D eigenvalue weighted by atomic mass is 10.1. The lowest BCUT2D eigenvalue weighted by Gasteiger charge is -2.09. The lowest BCUT2D eigenvalue weighted by Crippen LogP contribution is -2.30. The molecule has 1 rings (SSSR count). The lowest BCUT2D eigenvalue weighted by molar-refractivity contribution is 0.251. The second-order valence-corrected chi connectivity index (χ2v) is 5.50. The van der Waals surface area contributed by atoms with E-state index in [2.05, 4.69) is 40.4 Å². The molecule has 0 radical (unpaired) electrons. The Hall–Kier alpha value is -1.03. The van der Waals surface area contributed by atoms with Crippen LogP contribution >= 0.6 is 15.9 Å². The quantitative estimate of drug-likeness (QED) is 0.869. The molecule has 94 valence electrons. The Balaban J connectivity index is 2.45. The molecule has 0 unspecified atom stereocenters. The van der Waals surface area contributed by atoms with Gasteiger partial charge in [0.25, 0.3) is 0 Å². The van der Waals surface area contributed by atoms with Crippen LogP contribution in [0, 0.1) is 12.8 Å². The van der Waals surface area contributed by atoms with Crippen LogP contribution < -0.4 is 10.6 Å². The molecular formula is C13H19BrN2O. The Morgan fingerprint density at radius 2 is 2.06 bits per heavy atom. The van der Waals surface area contributed by atoms with Gasteiger partial charge in [-0.1, -0.05) is 29.8 Å². The number of nitrogens with one attached hydrogen (secondary N) is 2. The summed E-state index contributed by atoms with van der Waals surface area (Å²) in [7, 11) is 0. The van der Waals surface area contributed by atoms with Crippen molar-refractivity contribution in [3.05, 3.63) is 28.2 Å². The molecule has 0 spiro atoms. The highest BCUT2D eigenvalue weighted by Crippen LogP contribution is 2.18. The molecule has 1 aromatic carbocycles. The summed E-state index contributed by atoms with van der Waals surface area (Å²) < 4.78 is 0.968. The van der Waals surface area contributed by atoms with Gasteiger partial charge < -0.3 is 10.6 Å². The Morgan fingerprint density at radius 3 is 2.65 bits per heavy atom. The van der Waals surface area contributed by atoms with Gasteiger partial charge in [-0.15, -0.1) is 0 Å². The zero-order valence-electron chi connectivity index (χ0n) is 10.5. The number of urea groups is 1. The summed E-state index contributed by atoms with van der Waals surface area (Å²) >= 11 is 3.40. The SMILES string of the molecule is Cc1cc(Br)cc(NC(=O)NCCC(C)C)c1. The molecule has 0 aromatic heterocycles. The van der Waals surface area contributed by atoms with Crippen LogP contribution in [0.5, 0.6) is 0 Å². The summed E-state index contributed by atoms with van der Waals surface area (Å²) in [6, 6.07) is 5.67. The van der Waals surface area contributed by atoms with E-state index in [1.165, 1.54) is 0 Å². The first kappa shape index (κ1) is 14.0. The number of hydrogen-bond acceptors (Lipinski definition) is 1. The van der Waals surface area contributed by atoms with Crippen molar-refractivity contribution in [3.8, 4) is 0 Å². The number of anilines is 1. The van der Waals surface area contributed by atoms with Gasteiger partial charge in [-0.05, 0) is 43.0 Å². The smallest absolute Gasteiger partial charge is 0.319 e. The van der Waals surface area contributed by atoms with Gasteiger partial charge >= 0.3 is 6.03 Å². The summed E-state index contributed by atoms with van der Waals surface area (Å²) in [4.78, 5) is 11.6. The average molecular weight is 299 g/mol. The van der Waals surface area contributed by atoms with Crippen LogP contribution in [0.3, 0.4) is 0 Å². The molecular weight excluding hydrogens is 280 g/mol. The Bertz CT molecular complexity index is 371. The Kier molecular flexibility index (Phi) is 5.48. The third-order valence-electron chi connectivity index (χ3n) is 2.31. The van der Waals surface area contributed by atoms with Crippen molar-refractivity contribution >= 4 is 27.6 Å². The van der Waals surface area contributed by atoms with Crippen molar-refractivity contribution in [1.82, 2.24) is 5.32 Å². The number of carbonyl (C=O) groups is 1. The predicted molar refractivity (Wildman–Crippen MR) is 75.4 cm³/mol. The first-order valence-corrected chi connectivity index (χ1v) is 6.58. The Morgan fingerprint density at radius 1 is 1.35 bits per heavy atom. The molecule has 0 heterocycles. The van der Waals surface area contributed by atoms with Crippen LogP contribution in [0.4, 0.5) is 10.5 Å². The molecule has 2 amide bonds. The van der Waals surface area contributed by atoms with Gasteiger partial charge in [0, 0.05) is 16.7 Å². The molecule has 0 fully saturated rings. The summed E-state index contributed by atoms with van der Waals surface area (Å²) in [6.45, 7) is 6.97. The van der Waals surface area contributed by atoms with Gasteiger partial charge in [-0.2, -0.15) is 0 Å². The van der Waals surface area contributed by atoms with Crippen molar-refractivity contribution in [2.75, 3.05) is 11.9 Å². The zero-order valence-corrected chi connectivity index (χ0v) is 12.1. The maximum absolute atomic E-state index is 11.6. The maximum atomic E-state index is 11.6. The first-order valence-electron chi connectivity index (χ1n) is 5.79. The second-order valence-electron chi connectivity index (χ2n) is 4.58. The molecule has 0 atom stereocenters. The van der Waals surface area contributed by atoms with Crippen molar-refractivity contribution in [2.24, 2.45) is 5.92 Å². The van der Waals surface area contributed by atoms with Crippen LogP contribution in [0.25, 0.3) is 0 Å². The van der Waals surface area contributed by atoms with Gasteiger partial charge in [0.15, 0.2) is 0 Å². The summed E-state index contributed by atoms with van der Waals surface area (Å²) in [6.07, 6.45) is 0.991. The molecule has 0 aliphatic heterocycles. The van der Waals surface area contributed by atoms with Crippen molar-refractivity contribution in [1.29, 1.82) is 0 Å². The fourth-order valence-electron chi connectivity index (χ4n) is 1.46. The monoisotopic (exact) mass is 298 g/mol. The molecule has 0 bridgehead atoms. The normalized spacial score (nSPS) is 10.4. The third kappa shape index (κ3) is 5.73. The van der Waals surface area contributed by atoms with Crippen molar-refractivity contribution in [2.45, 2.75) is 27.2 Å². The van der Waals surface area contributed by atoms with E-state index in [4.69, 9.17) is 0 Å². The molecule has 3 nitrogen and oxygen atoms in total. The van der Waals surface area contributed by atoms with Gasteiger partial charge in [0.2, 0.25) is 0 Å². The molecule has 0 aliphatic rings. The van der Waals surface area contributed by atoms with Gasteiger partial charge in [0.1, 0.15) is 0 Å². The van der Waals surface area contributed by atoms with E-state index >= 15 is 0 Å². The summed E-state index contributed by atoms with van der Waals surface area (Å²) in [5, 5.41) is 5.65. The van der Waals surface area contributed by atoms with Gasteiger partial charge in [-0.3, -0.25) is 0 Å². The number of carbonyl (C=O) groups excluding carboxylic acids is 1.